The van der Waals surface area contributed by atoms with E-state index in [0.29, 0.717) is 17.4 Å². The number of ether oxygens (including phenoxy) is 1. The van der Waals surface area contributed by atoms with Gasteiger partial charge in [-0.15, -0.1) is 0 Å². The number of aliphatic hydroxyl groups is 1. The highest BCUT2D eigenvalue weighted by Crippen LogP contribution is 2.33. The molecule has 30 heavy (non-hydrogen) atoms. The van der Waals surface area contributed by atoms with Gasteiger partial charge in [0.05, 0.1) is 22.9 Å². The van der Waals surface area contributed by atoms with Crippen molar-refractivity contribution in [2.24, 2.45) is 0 Å². The van der Waals surface area contributed by atoms with E-state index in [4.69, 9.17) is 4.74 Å². The van der Waals surface area contributed by atoms with Gasteiger partial charge in [-0.1, -0.05) is 23.5 Å². The van der Waals surface area contributed by atoms with Gasteiger partial charge in [0.15, 0.2) is 10.9 Å². The molecule has 5 rings (SSSR count). The van der Waals surface area contributed by atoms with E-state index in [-0.39, 0.29) is 12.6 Å². The number of aromatic nitrogens is 3. The molecule has 0 aliphatic carbocycles. The number of thiazole rings is 1. The summed E-state index contributed by atoms with van der Waals surface area (Å²) in [6.45, 7) is 0.938. The molecule has 2 aromatic carbocycles. The Kier molecular flexibility index (Phi) is 5.17. The highest BCUT2D eigenvalue weighted by molar-refractivity contribution is 7.22. The Balaban J connectivity index is 1.32. The molecule has 3 heterocycles. The molecule has 8 heteroatoms. The highest BCUT2D eigenvalue weighted by atomic mass is 32.1. The second-order valence-corrected chi connectivity index (χ2v) is 8.13. The van der Waals surface area contributed by atoms with Crippen molar-refractivity contribution in [3.8, 4) is 11.6 Å². The maximum atomic E-state index is 9.63. The molecule has 1 atom stereocenters. The zero-order valence-electron chi connectivity index (χ0n) is 16.2. The largest absolute Gasteiger partial charge is 0.436 e. The number of nitrogens with zero attached hydrogens (tertiary/aromatic N) is 4. The lowest BCUT2D eigenvalue weighted by atomic mass is 10.2. The summed E-state index contributed by atoms with van der Waals surface area (Å²) >= 11 is 1.62. The minimum Gasteiger partial charge on any atom is -0.436 e. The molecule has 1 aliphatic rings. The van der Waals surface area contributed by atoms with Crippen molar-refractivity contribution in [1.29, 1.82) is 0 Å². The first kappa shape index (κ1) is 18.8. The molecule has 0 bridgehead atoms. The van der Waals surface area contributed by atoms with Crippen LogP contribution in [0, 0.1) is 0 Å². The van der Waals surface area contributed by atoms with Crippen LogP contribution < -0.4 is 15.0 Å². The van der Waals surface area contributed by atoms with Crippen molar-refractivity contribution >= 4 is 38.2 Å². The van der Waals surface area contributed by atoms with Crippen LogP contribution in [0.1, 0.15) is 12.8 Å². The van der Waals surface area contributed by atoms with Crippen molar-refractivity contribution in [3.63, 3.8) is 0 Å². The van der Waals surface area contributed by atoms with E-state index in [1.165, 1.54) is 0 Å². The normalized spacial score (nSPS) is 16.2. The molecule has 0 amide bonds. The Morgan fingerprint density at radius 3 is 2.77 bits per heavy atom. The Morgan fingerprint density at radius 2 is 1.93 bits per heavy atom. The predicted octanol–water partition coefficient (Wildman–Crippen LogP) is 4.58. The number of aliphatic hydroxyl groups excluding tert-OH is 1. The maximum Gasteiger partial charge on any atom is 0.263 e. The lowest BCUT2D eigenvalue weighted by Crippen LogP contribution is -2.33. The molecule has 1 fully saturated rings. The number of benzene rings is 2. The minimum absolute atomic E-state index is 0.0597. The van der Waals surface area contributed by atoms with Gasteiger partial charge in [0.1, 0.15) is 5.75 Å². The van der Waals surface area contributed by atoms with E-state index in [9.17, 15) is 5.11 Å². The monoisotopic (exact) mass is 419 g/mol. The SMILES string of the molecule is OC[C@@H]1CCCN1c1nccnc1Oc1ccc(Nc2nc3ccccc3s2)cc1. The van der Waals surface area contributed by atoms with Gasteiger partial charge < -0.3 is 20.1 Å². The molecule has 0 spiro atoms. The van der Waals surface area contributed by atoms with Gasteiger partial charge >= 0.3 is 0 Å². The summed E-state index contributed by atoms with van der Waals surface area (Å²) in [5.74, 6) is 1.79. The first-order valence-corrected chi connectivity index (χ1v) is 10.7. The third-order valence-corrected chi connectivity index (χ3v) is 6.07. The predicted molar refractivity (Wildman–Crippen MR) is 119 cm³/mol. The van der Waals surface area contributed by atoms with E-state index in [2.05, 4.69) is 31.2 Å². The van der Waals surface area contributed by atoms with Crippen LogP contribution in [0.4, 0.5) is 16.6 Å². The van der Waals surface area contributed by atoms with Gasteiger partial charge in [0.25, 0.3) is 5.88 Å². The quantitative estimate of drug-likeness (QED) is 0.473. The number of hydrogen-bond donors (Lipinski definition) is 2. The number of hydrogen-bond acceptors (Lipinski definition) is 8. The van der Waals surface area contributed by atoms with Gasteiger partial charge in [-0.3, -0.25) is 0 Å². The first-order chi connectivity index (χ1) is 14.8. The van der Waals surface area contributed by atoms with Gasteiger partial charge in [-0.05, 0) is 49.2 Å². The summed E-state index contributed by atoms with van der Waals surface area (Å²) in [6.07, 6.45) is 5.23. The van der Waals surface area contributed by atoms with Crippen LogP contribution in [0.25, 0.3) is 10.2 Å². The van der Waals surface area contributed by atoms with Crippen molar-refractivity contribution in [2.75, 3.05) is 23.4 Å². The van der Waals surface area contributed by atoms with Crippen molar-refractivity contribution in [3.05, 3.63) is 60.9 Å². The molecule has 4 aromatic rings. The molecule has 2 aromatic heterocycles. The molecule has 1 saturated heterocycles. The second-order valence-electron chi connectivity index (χ2n) is 7.10. The molecule has 0 saturated carbocycles. The van der Waals surface area contributed by atoms with Crippen molar-refractivity contribution < 1.29 is 9.84 Å². The lowest BCUT2D eigenvalue weighted by Gasteiger charge is -2.25. The van der Waals surface area contributed by atoms with Crippen LogP contribution in [-0.2, 0) is 0 Å². The number of nitrogens with one attached hydrogen (secondary N) is 1. The second kappa shape index (κ2) is 8.25. The Hall–Kier alpha value is -3.23. The average Bonchev–Trinajstić information content (AvgIpc) is 3.41. The van der Waals surface area contributed by atoms with Crippen LogP contribution in [0.5, 0.6) is 11.6 Å². The Morgan fingerprint density at radius 1 is 1.10 bits per heavy atom. The molecule has 0 unspecified atom stereocenters. The summed E-state index contributed by atoms with van der Waals surface area (Å²) in [5.41, 5.74) is 1.92. The summed E-state index contributed by atoms with van der Waals surface area (Å²) < 4.78 is 7.18. The highest BCUT2D eigenvalue weighted by Gasteiger charge is 2.28. The van der Waals surface area contributed by atoms with E-state index in [1.807, 2.05) is 42.5 Å². The first-order valence-electron chi connectivity index (χ1n) is 9.89. The summed E-state index contributed by atoms with van der Waals surface area (Å²) in [7, 11) is 0. The molecule has 1 aliphatic heterocycles. The number of rotatable bonds is 6. The minimum atomic E-state index is 0.0597. The molecule has 152 valence electrons. The Labute approximate surface area is 178 Å². The van der Waals surface area contributed by atoms with Crippen LogP contribution >= 0.6 is 11.3 Å². The number of para-hydroxylation sites is 1. The lowest BCUT2D eigenvalue weighted by molar-refractivity contribution is 0.265. The molecule has 7 nitrogen and oxygen atoms in total. The van der Waals surface area contributed by atoms with Gasteiger partial charge in [0.2, 0.25) is 0 Å². The van der Waals surface area contributed by atoms with E-state index >= 15 is 0 Å². The Bertz CT molecular complexity index is 1110. The zero-order chi connectivity index (χ0) is 20.3. The maximum absolute atomic E-state index is 9.63. The fourth-order valence-corrected chi connectivity index (χ4v) is 4.54. The van der Waals surface area contributed by atoms with Gasteiger partial charge in [-0.2, -0.15) is 0 Å². The number of anilines is 3. The molecular formula is C22H21N5O2S. The third-order valence-electron chi connectivity index (χ3n) is 5.12. The van der Waals surface area contributed by atoms with Gasteiger partial charge in [-0.25, -0.2) is 15.0 Å². The van der Waals surface area contributed by atoms with Crippen LogP contribution in [0.15, 0.2) is 60.9 Å². The summed E-state index contributed by atoms with van der Waals surface area (Å²) in [4.78, 5) is 15.5. The van der Waals surface area contributed by atoms with Crippen molar-refractivity contribution in [2.45, 2.75) is 18.9 Å². The van der Waals surface area contributed by atoms with Crippen LogP contribution in [0.3, 0.4) is 0 Å². The van der Waals surface area contributed by atoms with Crippen LogP contribution in [-0.4, -0.2) is 39.3 Å². The van der Waals surface area contributed by atoms with Gasteiger partial charge in [0, 0.05) is 24.6 Å². The molecular weight excluding hydrogens is 398 g/mol. The van der Waals surface area contributed by atoms with E-state index in [1.54, 1.807) is 23.7 Å². The van der Waals surface area contributed by atoms with Crippen molar-refractivity contribution in [1.82, 2.24) is 15.0 Å². The summed E-state index contributed by atoms with van der Waals surface area (Å²) in [5, 5.41) is 13.8. The smallest absolute Gasteiger partial charge is 0.263 e. The topological polar surface area (TPSA) is 83.4 Å². The average molecular weight is 420 g/mol. The fourth-order valence-electron chi connectivity index (χ4n) is 3.66. The molecule has 0 radical (unpaired) electrons. The molecule has 2 N–H and O–H groups in total. The van der Waals surface area contributed by atoms with Crippen LogP contribution in [0.2, 0.25) is 0 Å². The zero-order valence-corrected chi connectivity index (χ0v) is 17.0. The van der Waals surface area contributed by atoms with E-state index < -0.39 is 0 Å². The summed E-state index contributed by atoms with van der Waals surface area (Å²) in [6, 6.07) is 15.8. The third kappa shape index (κ3) is 3.79. The number of fused-ring (bicyclic) bond motifs is 1. The fraction of sp³-hybridized carbons (Fsp3) is 0.227. The standard InChI is InChI=1S/C22H21N5O2S/c28-14-16-4-3-13-27(16)20-21(24-12-11-23-20)29-17-9-7-15(8-10-17)25-22-26-18-5-1-2-6-19(18)30-22/h1-2,5-12,16,28H,3-4,13-14H2,(H,25,26)/t16-/m0/s1. The van der Waals surface area contributed by atoms with E-state index in [0.717, 1.165) is 40.4 Å².